The minimum Gasteiger partial charge on any atom is -0.326 e. The van der Waals surface area contributed by atoms with Gasteiger partial charge in [0.2, 0.25) is 0 Å². The lowest BCUT2D eigenvalue weighted by atomic mass is 10.0. The molecule has 0 fully saturated rings. The van der Waals surface area contributed by atoms with E-state index in [1.54, 1.807) is 0 Å². The summed E-state index contributed by atoms with van der Waals surface area (Å²) in [6.07, 6.45) is 1.22. The summed E-state index contributed by atoms with van der Waals surface area (Å²) in [5.74, 6) is 0.720. The molecule has 1 aromatic carbocycles. The number of nitrogens with one attached hydrogen (secondary N) is 1. The third-order valence-electron chi connectivity index (χ3n) is 3.35. The molecule has 0 amide bonds. The van der Waals surface area contributed by atoms with Crippen molar-refractivity contribution in [3.8, 4) is 0 Å². The van der Waals surface area contributed by atoms with Crippen molar-refractivity contribution in [1.82, 2.24) is 5.32 Å². The molecule has 0 bridgehead atoms. The van der Waals surface area contributed by atoms with E-state index in [0.29, 0.717) is 12.6 Å². The van der Waals surface area contributed by atoms with Crippen LogP contribution in [-0.2, 0) is 13.1 Å². The molecule has 0 aliphatic heterocycles. The van der Waals surface area contributed by atoms with Crippen LogP contribution < -0.4 is 11.1 Å². The van der Waals surface area contributed by atoms with E-state index in [1.165, 1.54) is 17.5 Å². The maximum Gasteiger partial charge on any atom is 0.0208 e. The zero-order valence-electron chi connectivity index (χ0n) is 10.7. The molecule has 0 aliphatic rings. The van der Waals surface area contributed by atoms with Crippen molar-refractivity contribution in [2.45, 2.75) is 46.3 Å². The van der Waals surface area contributed by atoms with Crippen LogP contribution in [0.4, 0.5) is 0 Å². The Bertz CT molecular complexity index is 309. The minimum absolute atomic E-state index is 0.562. The Morgan fingerprint density at radius 3 is 2.56 bits per heavy atom. The minimum atomic E-state index is 0.562. The van der Waals surface area contributed by atoms with Gasteiger partial charge in [0, 0.05) is 19.1 Å². The van der Waals surface area contributed by atoms with Crippen LogP contribution in [0, 0.1) is 5.92 Å². The van der Waals surface area contributed by atoms with Crippen LogP contribution in [-0.4, -0.2) is 6.04 Å². The van der Waals surface area contributed by atoms with E-state index in [1.807, 2.05) is 0 Å². The molecule has 0 aliphatic carbocycles. The molecular weight excluding hydrogens is 196 g/mol. The van der Waals surface area contributed by atoms with Crippen molar-refractivity contribution in [2.24, 2.45) is 11.7 Å². The normalized spacial score (nSPS) is 14.8. The van der Waals surface area contributed by atoms with E-state index in [9.17, 15) is 0 Å². The molecule has 2 unspecified atom stereocenters. The molecule has 0 spiro atoms. The number of rotatable bonds is 6. The highest BCUT2D eigenvalue weighted by atomic mass is 14.9. The van der Waals surface area contributed by atoms with Crippen LogP contribution in [0.2, 0.25) is 0 Å². The zero-order chi connectivity index (χ0) is 12.0. The number of hydrogen-bond donors (Lipinski definition) is 2. The third-order valence-corrected chi connectivity index (χ3v) is 3.35. The summed E-state index contributed by atoms with van der Waals surface area (Å²) >= 11 is 0. The fraction of sp³-hybridized carbons (Fsp3) is 0.571. The molecule has 2 heteroatoms. The van der Waals surface area contributed by atoms with Gasteiger partial charge >= 0.3 is 0 Å². The van der Waals surface area contributed by atoms with Crippen LogP contribution in [0.5, 0.6) is 0 Å². The summed E-state index contributed by atoms with van der Waals surface area (Å²) in [7, 11) is 0. The van der Waals surface area contributed by atoms with Gasteiger partial charge in [-0.25, -0.2) is 0 Å². The van der Waals surface area contributed by atoms with Gasteiger partial charge in [0.15, 0.2) is 0 Å². The van der Waals surface area contributed by atoms with Crippen molar-refractivity contribution < 1.29 is 0 Å². The van der Waals surface area contributed by atoms with Gasteiger partial charge in [-0.3, -0.25) is 0 Å². The second-order valence-electron chi connectivity index (χ2n) is 4.58. The smallest absolute Gasteiger partial charge is 0.0208 e. The first-order valence-corrected chi connectivity index (χ1v) is 6.18. The van der Waals surface area contributed by atoms with Gasteiger partial charge < -0.3 is 11.1 Å². The highest BCUT2D eigenvalue weighted by Gasteiger charge is 2.08. The first-order valence-electron chi connectivity index (χ1n) is 6.18. The molecule has 0 aromatic heterocycles. The second-order valence-corrected chi connectivity index (χ2v) is 4.58. The number of benzene rings is 1. The van der Waals surface area contributed by atoms with E-state index in [0.717, 1.165) is 12.5 Å². The van der Waals surface area contributed by atoms with Crippen LogP contribution >= 0.6 is 0 Å². The molecule has 2 nitrogen and oxygen atoms in total. The van der Waals surface area contributed by atoms with E-state index >= 15 is 0 Å². The zero-order valence-corrected chi connectivity index (χ0v) is 10.7. The molecule has 0 saturated carbocycles. The average molecular weight is 220 g/mol. The van der Waals surface area contributed by atoms with Gasteiger partial charge in [0.25, 0.3) is 0 Å². The first kappa shape index (κ1) is 13.2. The molecule has 0 radical (unpaired) electrons. The van der Waals surface area contributed by atoms with Crippen LogP contribution in [0.3, 0.4) is 0 Å². The first-order chi connectivity index (χ1) is 7.67. The van der Waals surface area contributed by atoms with Gasteiger partial charge in [0.05, 0.1) is 0 Å². The fourth-order valence-electron chi connectivity index (χ4n) is 1.70. The van der Waals surface area contributed by atoms with Crippen molar-refractivity contribution >= 4 is 0 Å². The fourth-order valence-corrected chi connectivity index (χ4v) is 1.70. The van der Waals surface area contributed by atoms with Crippen LogP contribution in [0.25, 0.3) is 0 Å². The lowest BCUT2D eigenvalue weighted by Gasteiger charge is -2.20. The Kier molecular flexibility index (Phi) is 5.50. The van der Waals surface area contributed by atoms with Gasteiger partial charge in [0.1, 0.15) is 0 Å². The Morgan fingerprint density at radius 2 is 1.94 bits per heavy atom. The Labute approximate surface area is 99.2 Å². The monoisotopic (exact) mass is 220 g/mol. The number of nitrogens with two attached hydrogens (primary N) is 1. The maximum atomic E-state index is 5.62. The van der Waals surface area contributed by atoms with Crippen molar-refractivity contribution in [1.29, 1.82) is 0 Å². The molecule has 1 aromatic rings. The molecule has 1 rings (SSSR count). The Hall–Kier alpha value is -0.860. The Balaban J connectivity index is 2.47. The van der Waals surface area contributed by atoms with Crippen molar-refractivity contribution in [3.63, 3.8) is 0 Å². The highest BCUT2D eigenvalue weighted by molar-refractivity contribution is 5.23. The van der Waals surface area contributed by atoms with Crippen LogP contribution in [0.15, 0.2) is 24.3 Å². The largest absolute Gasteiger partial charge is 0.326 e. The molecule has 2 atom stereocenters. The van der Waals surface area contributed by atoms with Gasteiger partial charge in [-0.05, 0) is 24.0 Å². The second kappa shape index (κ2) is 6.66. The summed E-state index contributed by atoms with van der Waals surface area (Å²) in [5, 5.41) is 3.56. The molecule has 0 saturated heterocycles. The molecule has 3 N–H and O–H groups in total. The summed E-state index contributed by atoms with van der Waals surface area (Å²) in [6, 6.07) is 9.03. The molecular formula is C14H24N2. The average Bonchev–Trinajstić information content (AvgIpc) is 2.35. The van der Waals surface area contributed by atoms with E-state index in [-0.39, 0.29) is 0 Å². The Morgan fingerprint density at radius 1 is 1.25 bits per heavy atom. The predicted molar refractivity (Wildman–Crippen MR) is 70.1 cm³/mol. The van der Waals surface area contributed by atoms with Crippen molar-refractivity contribution in [2.75, 3.05) is 0 Å². The number of hydrogen-bond acceptors (Lipinski definition) is 2. The van der Waals surface area contributed by atoms with Gasteiger partial charge in [-0.1, -0.05) is 44.5 Å². The third kappa shape index (κ3) is 3.95. The van der Waals surface area contributed by atoms with Gasteiger partial charge in [-0.2, -0.15) is 0 Å². The predicted octanol–water partition coefficient (Wildman–Crippen LogP) is 2.67. The quantitative estimate of drug-likeness (QED) is 0.773. The summed E-state index contributed by atoms with van der Waals surface area (Å²) in [4.78, 5) is 0. The molecule has 16 heavy (non-hydrogen) atoms. The molecule has 0 heterocycles. The topological polar surface area (TPSA) is 38.0 Å². The van der Waals surface area contributed by atoms with Gasteiger partial charge in [-0.15, -0.1) is 0 Å². The van der Waals surface area contributed by atoms with E-state index in [4.69, 9.17) is 5.73 Å². The molecule has 90 valence electrons. The lowest BCUT2D eigenvalue weighted by molar-refractivity contribution is 0.389. The van der Waals surface area contributed by atoms with E-state index < -0.39 is 0 Å². The lowest BCUT2D eigenvalue weighted by Crippen LogP contribution is -2.31. The maximum absolute atomic E-state index is 5.62. The summed E-state index contributed by atoms with van der Waals surface area (Å²) in [6.45, 7) is 8.32. The van der Waals surface area contributed by atoms with Crippen LogP contribution in [0.1, 0.15) is 38.3 Å². The summed E-state index contributed by atoms with van der Waals surface area (Å²) < 4.78 is 0. The highest BCUT2D eigenvalue weighted by Crippen LogP contribution is 2.09. The van der Waals surface area contributed by atoms with Crippen molar-refractivity contribution in [3.05, 3.63) is 35.4 Å². The SMILES string of the molecule is CCC(C)C(C)NCc1cccc(CN)c1. The standard InChI is InChI=1S/C14H24N2/c1-4-11(2)12(3)16-10-14-7-5-6-13(8-14)9-15/h5-8,11-12,16H,4,9-10,15H2,1-3H3. The van der Waals surface area contributed by atoms with E-state index in [2.05, 4.69) is 50.4 Å². The summed E-state index contributed by atoms with van der Waals surface area (Å²) in [5.41, 5.74) is 8.15.